The molecular weight excluding hydrogens is 479 g/mol. The molecule has 0 saturated carbocycles. The summed E-state index contributed by atoms with van der Waals surface area (Å²) in [5.74, 6) is -0.244. The van der Waals surface area contributed by atoms with Crippen molar-refractivity contribution >= 4 is 53.1 Å². The minimum atomic E-state index is -0.578. The summed E-state index contributed by atoms with van der Waals surface area (Å²) < 4.78 is 0. The van der Waals surface area contributed by atoms with E-state index in [1.54, 1.807) is 30.5 Å². The van der Waals surface area contributed by atoms with Gasteiger partial charge >= 0.3 is 0 Å². The molecule has 0 aliphatic carbocycles. The van der Waals surface area contributed by atoms with E-state index in [0.717, 1.165) is 10.6 Å². The summed E-state index contributed by atoms with van der Waals surface area (Å²) in [5, 5.41) is 9.86. The molecule has 2 rings (SSSR count). The lowest BCUT2D eigenvalue weighted by molar-refractivity contribution is -0.117. The van der Waals surface area contributed by atoms with Crippen molar-refractivity contribution in [2.24, 2.45) is 10.7 Å². The number of hydrogen-bond acceptors (Lipinski definition) is 5. The van der Waals surface area contributed by atoms with E-state index >= 15 is 0 Å². The Balaban J connectivity index is 0.00000364. The van der Waals surface area contributed by atoms with Gasteiger partial charge in [0.1, 0.15) is 5.01 Å². The molecule has 0 atom stereocenters. The van der Waals surface area contributed by atoms with Crippen LogP contribution in [0.2, 0.25) is 0 Å². The predicted molar refractivity (Wildman–Crippen MR) is 117 cm³/mol. The zero-order valence-corrected chi connectivity index (χ0v) is 18.3. The molecule has 1 aromatic heterocycles. The summed E-state index contributed by atoms with van der Waals surface area (Å²) in [6.45, 7) is 3.01. The van der Waals surface area contributed by atoms with Crippen LogP contribution in [0.1, 0.15) is 25.8 Å². The molecular formula is C17H23IN6O2S. The lowest BCUT2D eigenvalue weighted by Gasteiger charge is -2.11. The van der Waals surface area contributed by atoms with E-state index in [4.69, 9.17) is 5.73 Å². The Hall–Kier alpha value is -2.21. The van der Waals surface area contributed by atoms with Crippen LogP contribution in [0.5, 0.6) is 0 Å². The molecule has 0 fully saturated rings. The first-order chi connectivity index (χ1) is 12.5. The molecule has 10 heteroatoms. The Morgan fingerprint density at radius 1 is 1.15 bits per heavy atom. The van der Waals surface area contributed by atoms with Crippen LogP contribution in [-0.2, 0) is 17.9 Å². The van der Waals surface area contributed by atoms with Crippen LogP contribution < -0.4 is 21.7 Å². The summed E-state index contributed by atoms with van der Waals surface area (Å²) >= 11 is 1.64. The molecule has 1 aromatic carbocycles. The zero-order chi connectivity index (χ0) is 18.9. The number of amides is 2. The van der Waals surface area contributed by atoms with Crippen molar-refractivity contribution in [2.75, 3.05) is 13.6 Å². The fourth-order valence-electron chi connectivity index (χ4n) is 2.09. The molecule has 0 radical (unpaired) electrons. The highest BCUT2D eigenvalue weighted by molar-refractivity contribution is 14.0. The topological polar surface area (TPSA) is 122 Å². The highest BCUT2D eigenvalue weighted by Crippen LogP contribution is 2.10. The van der Waals surface area contributed by atoms with Crippen molar-refractivity contribution < 1.29 is 9.59 Å². The number of aliphatic imine (C=N–C) groups is 1. The predicted octanol–water partition coefficient (Wildman–Crippen LogP) is 1.15. The number of nitrogens with two attached hydrogens (primary N) is 1. The minimum Gasteiger partial charge on any atom is -0.368 e. The van der Waals surface area contributed by atoms with Gasteiger partial charge in [0.15, 0.2) is 5.96 Å². The zero-order valence-electron chi connectivity index (χ0n) is 15.1. The number of aromatic nitrogens is 1. The first-order valence-corrected chi connectivity index (χ1v) is 8.81. The lowest BCUT2D eigenvalue weighted by atomic mass is 10.1. The van der Waals surface area contributed by atoms with Gasteiger partial charge in [-0.05, 0) is 24.6 Å². The van der Waals surface area contributed by atoms with E-state index < -0.39 is 5.91 Å². The molecule has 146 valence electrons. The van der Waals surface area contributed by atoms with Crippen molar-refractivity contribution in [3.8, 4) is 0 Å². The highest BCUT2D eigenvalue weighted by atomic mass is 127. The van der Waals surface area contributed by atoms with Gasteiger partial charge in [-0.25, -0.2) is 4.98 Å². The van der Waals surface area contributed by atoms with Crippen molar-refractivity contribution in [1.82, 2.24) is 20.9 Å². The molecule has 0 saturated heterocycles. The van der Waals surface area contributed by atoms with Crippen molar-refractivity contribution in [1.29, 1.82) is 0 Å². The molecule has 2 aromatic rings. The fraction of sp³-hybridized carbons (Fsp3) is 0.294. The number of rotatable bonds is 7. The monoisotopic (exact) mass is 502 g/mol. The van der Waals surface area contributed by atoms with Crippen LogP contribution in [0.3, 0.4) is 0 Å². The summed E-state index contributed by atoms with van der Waals surface area (Å²) in [4.78, 5) is 32.2. The average Bonchev–Trinajstić information content (AvgIpc) is 3.05. The van der Waals surface area contributed by atoms with Gasteiger partial charge in [0, 0.05) is 30.2 Å². The Labute approximate surface area is 179 Å². The third kappa shape index (κ3) is 7.91. The number of carbonyl (C=O) groups excluding carboxylic acids is 2. The molecule has 2 amide bonds. The number of aryl methyl sites for hydroxylation is 1. The van der Waals surface area contributed by atoms with Crippen LogP contribution in [0.25, 0.3) is 0 Å². The first-order valence-electron chi connectivity index (χ1n) is 7.99. The number of hydrogen-bond donors (Lipinski definition) is 4. The Morgan fingerprint density at radius 2 is 1.81 bits per heavy atom. The lowest BCUT2D eigenvalue weighted by Crippen LogP contribution is -2.36. The number of nitrogens with zero attached hydrogens (tertiary/aromatic N) is 2. The van der Waals surface area contributed by atoms with Crippen LogP contribution in [0, 0.1) is 6.92 Å². The highest BCUT2D eigenvalue weighted by Gasteiger charge is 2.07. The van der Waals surface area contributed by atoms with Gasteiger partial charge in [-0.2, -0.15) is 0 Å². The van der Waals surface area contributed by atoms with E-state index in [1.165, 1.54) is 4.88 Å². The quantitative estimate of drug-likeness (QED) is 0.257. The van der Waals surface area contributed by atoms with E-state index in [2.05, 4.69) is 25.9 Å². The number of thiazole rings is 1. The second-order valence-electron chi connectivity index (χ2n) is 5.49. The van der Waals surface area contributed by atoms with Crippen LogP contribution in [0.15, 0.2) is 35.5 Å². The standard InChI is InChI=1S/C17H22N6O2S.HI/c1-11-7-20-15(26-11)10-23-17(19-2)22-8-12-3-5-13(6-4-12)16(25)21-9-14(18)24;/h3-7H,8-10H2,1-2H3,(H2,18,24)(H,21,25)(H2,19,22,23);1H. The van der Waals surface area contributed by atoms with E-state index in [1.807, 2.05) is 25.3 Å². The summed E-state index contributed by atoms with van der Waals surface area (Å²) in [6.07, 6.45) is 1.85. The third-order valence-electron chi connectivity index (χ3n) is 3.40. The molecule has 0 bridgehead atoms. The fourth-order valence-corrected chi connectivity index (χ4v) is 2.82. The van der Waals surface area contributed by atoms with Gasteiger partial charge in [-0.3, -0.25) is 14.6 Å². The summed E-state index contributed by atoms with van der Waals surface area (Å²) in [5.41, 5.74) is 6.46. The van der Waals surface area contributed by atoms with Crippen LogP contribution >= 0.6 is 35.3 Å². The van der Waals surface area contributed by atoms with Gasteiger partial charge in [-0.1, -0.05) is 12.1 Å². The summed E-state index contributed by atoms with van der Waals surface area (Å²) in [7, 11) is 1.70. The normalized spacial score (nSPS) is 10.7. The molecule has 5 N–H and O–H groups in total. The van der Waals surface area contributed by atoms with E-state index in [-0.39, 0.29) is 36.4 Å². The van der Waals surface area contributed by atoms with E-state index in [0.29, 0.717) is 24.6 Å². The minimum absolute atomic E-state index is 0. The second kappa shape index (κ2) is 11.5. The molecule has 0 aliphatic rings. The maximum atomic E-state index is 11.8. The maximum absolute atomic E-state index is 11.8. The van der Waals surface area contributed by atoms with E-state index in [9.17, 15) is 9.59 Å². The molecule has 0 unspecified atom stereocenters. The van der Waals surface area contributed by atoms with Crippen molar-refractivity contribution in [3.63, 3.8) is 0 Å². The summed E-state index contributed by atoms with van der Waals surface area (Å²) in [6, 6.07) is 7.07. The molecule has 0 aliphatic heterocycles. The number of guanidine groups is 1. The number of carbonyl (C=O) groups is 2. The average molecular weight is 502 g/mol. The van der Waals surface area contributed by atoms with Crippen molar-refractivity contribution in [3.05, 3.63) is 51.5 Å². The van der Waals surface area contributed by atoms with Crippen LogP contribution in [0.4, 0.5) is 0 Å². The van der Waals surface area contributed by atoms with Gasteiger partial charge < -0.3 is 21.7 Å². The van der Waals surface area contributed by atoms with Gasteiger partial charge in [0.25, 0.3) is 5.91 Å². The number of benzene rings is 1. The maximum Gasteiger partial charge on any atom is 0.251 e. The molecule has 27 heavy (non-hydrogen) atoms. The molecule has 1 heterocycles. The smallest absolute Gasteiger partial charge is 0.251 e. The first kappa shape index (κ1) is 22.8. The largest absolute Gasteiger partial charge is 0.368 e. The van der Waals surface area contributed by atoms with Gasteiger partial charge in [-0.15, -0.1) is 35.3 Å². The van der Waals surface area contributed by atoms with Crippen molar-refractivity contribution in [2.45, 2.75) is 20.0 Å². The Bertz CT molecular complexity index is 791. The van der Waals surface area contributed by atoms with Gasteiger partial charge in [0.05, 0.1) is 13.1 Å². The molecule has 8 nitrogen and oxygen atoms in total. The SMILES string of the molecule is CN=C(NCc1ccc(C(=O)NCC(N)=O)cc1)NCc1ncc(C)s1.I. The Kier molecular flexibility index (Phi) is 9.72. The van der Waals surface area contributed by atoms with Gasteiger partial charge in [0.2, 0.25) is 5.91 Å². The second-order valence-corrected chi connectivity index (χ2v) is 6.81. The molecule has 0 spiro atoms. The Morgan fingerprint density at radius 3 is 2.37 bits per heavy atom. The number of nitrogens with one attached hydrogen (secondary N) is 3. The third-order valence-corrected chi connectivity index (χ3v) is 4.31. The number of primary amides is 1. The number of halogens is 1. The van der Waals surface area contributed by atoms with Crippen LogP contribution in [-0.4, -0.2) is 36.4 Å².